The van der Waals surface area contributed by atoms with Crippen LogP contribution < -0.4 is 11.5 Å². The Morgan fingerprint density at radius 1 is 1.00 bits per heavy atom. The van der Waals surface area contributed by atoms with E-state index in [4.69, 9.17) is 21.7 Å². The molecular formula is C16H20N2O3. The molecule has 7 N–H and O–H groups in total. The highest BCUT2D eigenvalue weighted by molar-refractivity contribution is 5.77. The molecule has 0 aliphatic carbocycles. The van der Waals surface area contributed by atoms with Gasteiger partial charge in [0.25, 0.3) is 0 Å². The van der Waals surface area contributed by atoms with Gasteiger partial charge in [-0.25, -0.2) is 0 Å². The Balaban J connectivity index is 2.49. The molecule has 0 heterocycles. The molecule has 21 heavy (non-hydrogen) atoms. The molecule has 0 saturated heterocycles. The van der Waals surface area contributed by atoms with Gasteiger partial charge >= 0.3 is 0 Å². The fourth-order valence-electron chi connectivity index (χ4n) is 2.29. The lowest BCUT2D eigenvalue weighted by Crippen LogP contribution is -2.17. The summed E-state index contributed by atoms with van der Waals surface area (Å²) in [6, 6.07) is 10.8. The number of anilines is 2. The molecule has 2 aromatic carbocycles. The van der Waals surface area contributed by atoms with Crippen LogP contribution in [0.15, 0.2) is 36.4 Å². The molecule has 0 aliphatic heterocycles. The van der Waals surface area contributed by atoms with Crippen LogP contribution in [0.5, 0.6) is 0 Å². The summed E-state index contributed by atoms with van der Waals surface area (Å²) < 4.78 is 0. The molecule has 5 nitrogen and oxygen atoms in total. The zero-order valence-corrected chi connectivity index (χ0v) is 11.7. The average Bonchev–Trinajstić information content (AvgIpc) is 2.49. The minimum absolute atomic E-state index is 0.0184. The fourth-order valence-corrected chi connectivity index (χ4v) is 2.29. The topological polar surface area (TPSA) is 113 Å². The van der Waals surface area contributed by atoms with Crippen LogP contribution in [0.25, 0.3) is 11.1 Å². The quantitative estimate of drug-likeness (QED) is 0.525. The molecule has 0 bridgehead atoms. The summed E-state index contributed by atoms with van der Waals surface area (Å²) in [4.78, 5) is 0. The molecule has 0 fully saturated rings. The minimum atomic E-state index is -0.869. The van der Waals surface area contributed by atoms with Crippen LogP contribution in [0.4, 0.5) is 11.4 Å². The zero-order chi connectivity index (χ0) is 15.4. The minimum Gasteiger partial charge on any atom is -0.399 e. The van der Waals surface area contributed by atoms with Gasteiger partial charge in [0.15, 0.2) is 0 Å². The van der Waals surface area contributed by atoms with Crippen LogP contribution in [0.2, 0.25) is 0 Å². The summed E-state index contributed by atoms with van der Waals surface area (Å²) >= 11 is 0. The second kappa shape index (κ2) is 6.58. The maximum absolute atomic E-state index is 9.69. The van der Waals surface area contributed by atoms with Crippen molar-refractivity contribution in [2.24, 2.45) is 0 Å². The van der Waals surface area contributed by atoms with Crippen LogP contribution in [0.3, 0.4) is 0 Å². The summed E-state index contributed by atoms with van der Waals surface area (Å²) in [6.45, 7) is -0.345. The first-order chi connectivity index (χ1) is 10.0. The van der Waals surface area contributed by atoms with Gasteiger partial charge in [-0.05, 0) is 34.4 Å². The Bertz CT molecular complexity index is 612. The van der Waals surface area contributed by atoms with Crippen molar-refractivity contribution in [2.45, 2.75) is 19.1 Å². The van der Waals surface area contributed by atoms with Gasteiger partial charge in [-0.1, -0.05) is 24.3 Å². The van der Waals surface area contributed by atoms with Gasteiger partial charge in [0.05, 0.1) is 19.3 Å². The lowest BCUT2D eigenvalue weighted by molar-refractivity contribution is 0.0957. The number of rotatable bonds is 5. The Kier molecular flexibility index (Phi) is 4.80. The van der Waals surface area contributed by atoms with Gasteiger partial charge in [0.2, 0.25) is 0 Å². The summed E-state index contributed by atoms with van der Waals surface area (Å²) in [5, 5.41) is 27.8. The predicted molar refractivity (Wildman–Crippen MR) is 83.4 cm³/mol. The van der Waals surface area contributed by atoms with Crippen molar-refractivity contribution in [3.05, 3.63) is 47.5 Å². The molecule has 2 rings (SSSR count). The predicted octanol–water partition coefficient (Wildman–Crippen LogP) is 0.906. The molecule has 1 atom stereocenters. The molecule has 1 unspecified atom stereocenters. The van der Waals surface area contributed by atoms with Gasteiger partial charge in [-0.2, -0.15) is 0 Å². The van der Waals surface area contributed by atoms with Crippen molar-refractivity contribution in [3.63, 3.8) is 0 Å². The SMILES string of the molecule is Nc1cc(N)c(CC(O)CO)c(-c2ccc(CO)cc2)c1. The average molecular weight is 288 g/mol. The van der Waals surface area contributed by atoms with Crippen LogP contribution in [0.1, 0.15) is 11.1 Å². The molecule has 0 aliphatic rings. The second-order valence-corrected chi connectivity index (χ2v) is 5.03. The van der Waals surface area contributed by atoms with E-state index in [0.29, 0.717) is 11.4 Å². The molecule has 112 valence electrons. The molecular weight excluding hydrogens is 268 g/mol. The third-order valence-electron chi connectivity index (χ3n) is 3.40. The third kappa shape index (κ3) is 3.52. The van der Waals surface area contributed by atoms with E-state index in [9.17, 15) is 5.11 Å². The number of hydrogen-bond donors (Lipinski definition) is 5. The van der Waals surface area contributed by atoms with Gasteiger partial charge in [-0.15, -0.1) is 0 Å². The van der Waals surface area contributed by atoms with E-state index < -0.39 is 6.10 Å². The Labute approximate surface area is 123 Å². The first kappa shape index (κ1) is 15.3. The molecule has 5 heteroatoms. The smallest absolute Gasteiger partial charge is 0.0812 e. The molecule has 0 saturated carbocycles. The third-order valence-corrected chi connectivity index (χ3v) is 3.40. The van der Waals surface area contributed by atoms with Gasteiger partial charge in [0.1, 0.15) is 0 Å². The van der Waals surface area contributed by atoms with E-state index in [-0.39, 0.29) is 19.6 Å². The van der Waals surface area contributed by atoms with E-state index in [1.807, 2.05) is 24.3 Å². The van der Waals surface area contributed by atoms with Crippen molar-refractivity contribution < 1.29 is 15.3 Å². The molecule has 0 amide bonds. The van der Waals surface area contributed by atoms with Crippen LogP contribution in [-0.2, 0) is 13.0 Å². The molecule has 2 aromatic rings. The van der Waals surface area contributed by atoms with Crippen molar-refractivity contribution in [1.29, 1.82) is 0 Å². The standard InChI is InChI=1S/C16H20N2O3/c17-12-5-14(11-3-1-10(8-19)2-4-11)15(16(18)6-12)7-13(21)9-20/h1-6,13,19-21H,7-9,17-18H2. The Morgan fingerprint density at radius 3 is 2.24 bits per heavy atom. The molecule has 0 radical (unpaired) electrons. The van der Waals surface area contributed by atoms with E-state index in [1.54, 1.807) is 12.1 Å². The van der Waals surface area contributed by atoms with Crippen LogP contribution >= 0.6 is 0 Å². The monoisotopic (exact) mass is 288 g/mol. The van der Waals surface area contributed by atoms with Crippen LogP contribution in [0, 0.1) is 0 Å². The molecule has 0 spiro atoms. The van der Waals surface area contributed by atoms with Gasteiger partial charge < -0.3 is 26.8 Å². The highest BCUT2D eigenvalue weighted by Gasteiger charge is 2.14. The first-order valence-corrected chi connectivity index (χ1v) is 6.72. The number of aliphatic hydroxyl groups is 3. The first-order valence-electron chi connectivity index (χ1n) is 6.72. The van der Waals surface area contributed by atoms with E-state index in [0.717, 1.165) is 22.3 Å². The number of nitrogen functional groups attached to an aromatic ring is 2. The van der Waals surface area contributed by atoms with Gasteiger partial charge in [-0.3, -0.25) is 0 Å². The highest BCUT2D eigenvalue weighted by Crippen LogP contribution is 2.32. The van der Waals surface area contributed by atoms with E-state index in [1.165, 1.54) is 0 Å². The van der Waals surface area contributed by atoms with Crippen molar-refractivity contribution in [1.82, 2.24) is 0 Å². The summed E-state index contributed by atoms with van der Waals surface area (Å²) in [5.74, 6) is 0. The van der Waals surface area contributed by atoms with E-state index >= 15 is 0 Å². The summed E-state index contributed by atoms with van der Waals surface area (Å²) in [5.41, 5.74) is 16.2. The second-order valence-electron chi connectivity index (χ2n) is 5.03. The summed E-state index contributed by atoms with van der Waals surface area (Å²) in [6.07, 6.45) is -0.619. The number of benzene rings is 2. The number of hydrogen-bond acceptors (Lipinski definition) is 5. The Hall–Kier alpha value is -2.08. The normalized spacial score (nSPS) is 12.3. The number of aliphatic hydroxyl groups excluding tert-OH is 3. The van der Waals surface area contributed by atoms with Crippen molar-refractivity contribution in [2.75, 3.05) is 18.1 Å². The lowest BCUT2D eigenvalue weighted by Gasteiger charge is -2.16. The largest absolute Gasteiger partial charge is 0.399 e. The maximum Gasteiger partial charge on any atom is 0.0812 e. The van der Waals surface area contributed by atoms with E-state index in [2.05, 4.69) is 0 Å². The number of nitrogens with two attached hydrogens (primary N) is 2. The Morgan fingerprint density at radius 2 is 1.67 bits per heavy atom. The van der Waals surface area contributed by atoms with Crippen molar-refractivity contribution in [3.8, 4) is 11.1 Å². The highest BCUT2D eigenvalue weighted by atomic mass is 16.3. The zero-order valence-electron chi connectivity index (χ0n) is 11.7. The molecule has 0 aromatic heterocycles. The van der Waals surface area contributed by atoms with Gasteiger partial charge in [0, 0.05) is 17.8 Å². The van der Waals surface area contributed by atoms with Crippen molar-refractivity contribution >= 4 is 11.4 Å². The summed E-state index contributed by atoms with van der Waals surface area (Å²) in [7, 11) is 0. The lowest BCUT2D eigenvalue weighted by atomic mass is 9.93. The fraction of sp³-hybridized carbons (Fsp3) is 0.250. The van der Waals surface area contributed by atoms with Crippen LogP contribution in [-0.4, -0.2) is 28.0 Å². The maximum atomic E-state index is 9.69.